The Morgan fingerprint density at radius 3 is 2.93 bits per heavy atom. The monoisotopic (exact) mass is 195 g/mol. The molecule has 0 saturated carbocycles. The van der Waals surface area contributed by atoms with Gasteiger partial charge in [0.05, 0.1) is 0 Å². The van der Waals surface area contributed by atoms with E-state index < -0.39 is 0 Å². The number of nitrogens with one attached hydrogen (secondary N) is 2. The Morgan fingerprint density at radius 1 is 1.57 bits per heavy atom. The highest BCUT2D eigenvalue weighted by Crippen LogP contribution is 2.06. The second-order valence-electron chi connectivity index (χ2n) is 3.28. The lowest BCUT2D eigenvalue weighted by Gasteiger charge is -1.99. The first-order chi connectivity index (χ1) is 6.76. The molecule has 0 aliphatic heterocycles. The predicted molar refractivity (Wildman–Crippen MR) is 56.1 cm³/mol. The van der Waals surface area contributed by atoms with E-state index in [1.54, 1.807) is 0 Å². The van der Waals surface area contributed by atoms with Gasteiger partial charge in [-0.25, -0.2) is 0 Å². The molecular weight excluding hydrogens is 178 g/mol. The summed E-state index contributed by atoms with van der Waals surface area (Å²) in [7, 11) is 0. The van der Waals surface area contributed by atoms with E-state index in [4.69, 9.17) is 0 Å². The lowest BCUT2D eigenvalue weighted by molar-refractivity contribution is -0.116. The molecule has 0 unspecified atom stereocenters. The number of aryl methyl sites for hydroxylation is 1. The first-order valence-electron chi connectivity index (χ1n) is 5.10. The number of unbranched alkanes of at least 4 members (excludes halogenated alkanes) is 1. The molecular formula is C10H17N3O. The molecule has 2 N–H and O–H groups in total. The van der Waals surface area contributed by atoms with E-state index >= 15 is 0 Å². The van der Waals surface area contributed by atoms with Gasteiger partial charge in [-0.15, -0.1) is 0 Å². The largest absolute Gasteiger partial charge is 0.309 e. The third-order valence-corrected chi connectivity index (χ3v) is 2.04. The Balaban J connectivity index is 2.39. The van der Waals surface area contributed by atoms with Crippen molar-refractivity contribution in [2.45, 2.75) is 39.5 Å². The fraction of sp³-hybridized carbons (Fsp3) is 0.600. The van der Waals surface area contributed by atoms with E-state index in [-0.39, 0.29) is 5.91 Å². The predicted octanol–water partition coefficient (Wildman–Crippen LogP) is 2.10. The summed E-state index contributed by atoms with van der Waals surface area (Å²) in [4.78, 5) is 11.3. The van der Waals surface area contributed by atoms with Gasteiger partial charge in [-0.2, -0.15) is 5.10 Å². The van der Waals surface area contributed by atoms with Gasteiger partial charge >= 0.3 is 0 Å². The topological polar surface area (TPSA) is 57.8 Å². The number of hydrogen-bond acceptors (Lipinski definition) is 2. The van der Waals surface area contributed by atoms with Crippen molar-refractivity contribution in [2.24, 2.45) is 0 Å². The highest BCUT2D eigenvalue weighted by Gasteiger charge is 2.04. The van der Waals surface area contributed by atoms with Crippen LogP contribution in [0.2, 0.25) is 0 Å². The average molecular weight is 195 g/mol. The van der Waals surface area contributed by atoms with Crippen molar-refractivity contribution in [3.8, 4) is 0 Å². The molecule has 4 nitrogen and oxygen atoms in total. The van der Waals surface area contributed by atoms with Gasteiger partial charge in [0, 0.05) is 18.2 Å². The van der Waals surface area contributed by atoms with Gasteiger partial charge < -0.3 is 5.32 Å². The summed E-state index contributed by atoms with van der Waals surface area (Å²) < 4.78 is 0. The van der Waals surface area contributed by atoms with Crippen molar-refractivity contribution in [3.63, 3.8) is 0 Å². The van der Waals surface area contributed by atoms with Crippen LogP contribution < -0.4 is 5.32 Å². The number of aromatic amines is 1. The van der Waals surface area contributed by atoms with Crippen LogP contribution in [0.5, 0.6) is 0 Å². The molecule has 4 heteroatoms. The quantitative estimate of drug-likeness (QED) is 0.756. The molecule has 0 radical (unpaired) electrons. The highest BCUT2D eigenvalue weighted by atomic mass is 16.1. The number of nitrogens with zero attached hydrogens (tertiary/aromatic N) is 1. The van der Waals surface area contributed by atoms with Crippen LogP contribution in [0.15, 0.2) is 6.07 Å². The van der Waals surface area contributed by atoms with Crippen LogP contribution in [0.1, 0.15) is 38.8 Å². The normalized spacial score (nSPS) is 10.1. The van der Waals surface area contributed by atoms with Gasteiger partial charge in [0.1, 0.15) is 0 Å². The van der Waals surface area contributed by atoms with Crippen molar-refractivity contribution in [3.05, 3.63) is 11.8 Å². The van der Waals surface area contributed by atoms with Gasteiger partial charge in [0.15, 0.2) is 5.82 Å². The summed E-state index contributed by atoms with van der Waals surface area (Å²) in [5, 5.41) is 9.58. The Labute approximate surface area is 84.1 Å². The molecule has 1 rings (SSSR count). The zero-order valence-corrected chi connectivity index (χ0v) is 8.76. The standard InChI is InChI=1S/C10H17N3O/c1-3-5-6-10(14)11-9-7-8(4-2)12-13-9/h7H,3-6H2,1-2H3,(H2,11,12,13,14). The van der Waals surface area contributed by atoms with Gasteiger partial charge in [-0.3, -0.25) is 9.89 Å². The summed E-state index contributed by atoms with van der Waals surface area (Å²) in [6, 6.07) is 1.86. The number of hydrogen-bond donors (Lipinski definition) is 2. The molecule has 1 heterocycles. The minimum atomic E-state index is 0.0426. The number of carbonyl (C=O) groups excluding carboxylic acids is 1. The van der Waals surface area contributed by atoms with E-state index in [0.717, 1.165) is 25.0 Å². The number of amides is 1. The number of anilines is 1. The third-order valence-electron chi connectivity index (χ3n) is 2.04. The summed E-state index contributed by atoms with van der Waals surface area (Å²) in [6.45, 7) is 4.10. The van der Waals surface area contributed by atoms with Gasteiger partial charge in [-0.1, -0.05) is 20.3 Å². The molecule has 0 saturated heterocycles. The lowest BCUT2D eigenvalue weighted by Crippen LogP contribution is -2.11. The minimum absolute atomic E-state index is 0.0426. The first kappa shape index (κ1) is 10.8. The second-order valence-corrected chi connectivity index (χ2v) is 3.28. The molecule has 0 bridgehead atoms. The van der Waals surface area contributed by atoms with Crippen molar-refractivity contribution < 1.29 is 4.79 Å². The molecule has 0 fully saturated rings. The summed E-state index contributed by atoms with van der Waals surface area (Å²) in [6.07, 6.45) is 3.44. The van der Waals surface area contributed by atoms with Crippen molar-refractivity contribution in [2.75, 3.05) is 5.32 Å². The molecule has 1 aromatic heterocycles. The van der Waals surface area contributed by atoms with Crippen LogP contribution in [-0.4, -0.2) is 16.1 Å². The SMILES string of the molecule is CCCCC(=O)Nc1cc(CC)[nH]n1. The van der Waals surface area contributed by atoms with Crippen molar-refractivity contribution in [1.82, 2.24) is 10.2 Å². The molecule has 0 spiro atoms. The third kappa shape index (κ3) is 3.20. The highest BCUT2D eigenvalue weighted by molar-refractivity contribution is 5.89. The van der Waals surface area contributed by atoms with Crippen molar-refractivity contribution in [1.29, 1.82) is 0 Å². The van der Waals surface area contributed by atoms with Crippen LogP contribution >= 0.6 is 0 Å². The molecule has 0 aliphatic rings. The van der Waals surface area contributed by atoms with E-state index in [2.05, 4.69) is 22.4 Å². The zero-order chi connectivity index (χ0) is 10.4. The van der Waals surface area contributed by atoms with Crippen LogP contribution in [0.4, 0.5) is 5.82 Å². The first-order valence-corrected chi connectivity index (χ1v) is 5.10. The Kier molecular flexibility index (Phi) is 4.16. The molecule has 0 aliphatic carbocycles. The smallest absolute Gasteiger partial charge is 0.225 e. The molecule has 14 heavy (non-hydrogen) atoms. The maximum Gasteiger partial charge on any atom is 0.225 e. The second kappa shape index (κ2) is 5.42. The number of rotatable bonds is 5. The Hall–Kier alpha value is -1.32. The van der Waals surface area contributed by atoms with Crippen LogP contribution in [0.25, 0.3) is 0 Å². The van der Waals surface area contributed by atoms with E-state index in [1.165, 1.54) is 0 Å². The maximum absolute atomic E-state index is 11.3. The summed E-state index contributed by atoms with van der Waals surface area (Å²) >= 11 is 0. The van der Waals surface area contributed by atoms with Gasteiger partial charge in [0.2, 0.25) is 5.91 Å². The minimum Gasteiger partial charge on any atom is -0.309 e. The lowest BCUT2D eigenvalue weighted by atomic mass is 10.2. The molecule has 0 aromatic carbocycles. The van der Waals surface area contributed by atoms with Gasteiger partial charge in [0.25, 0.3) is 0 Å². The zero-order valence-electron chi connectivity index (χ0n) is 8.76. The molecule has 0 atom stereocenters. The Bertz CT molecular complexity index is 293. The summed E-state index contributed by atoms with van der Waals surface area (Å²) in [5.74, 6) is 0.670. The molecule has 1 amide bonds. The summed E-state index contributed by atoms with van der Waals surface area (Å²) in [5.41, 5.74) is 1.04. The van der Waals surface area contributed by atoms with Crippen molar-refractivity contribution >= 4 is 11.7 Å². The fourth-order valence-electron chi connectivity index (χ4n) is 1.15. The molecule has 1 aromatic rings. The van der Waals surface area contributed by atoms with Crippen LogP contribution in [0.3, 0.4) is 0 Å². The van der Waals surface area contributed by atoms with E-state index in [0.29, 0.717) is 12.2 Å². The average Bonchev–Trinajstić information content (AvgIpc) is 2.62. The van der Waals surface area contributed by atoms with E-state index in [1.807, 2.05) is 13.0 Å². The number of carbonyl (C=O) groups is 1. The van der Waals surface area contributed by atoms with Gasteiger partial charge in [-0.05, 0) is 12.8 Å². The number of H-pyrrole nitrogens is 1. The van der Waals surface area contributed by atoms with Crippen LogP contribution in [0, 0.1) is 0 Å². The maximum atomic E-state index is 11.3. The fourth-order valence-corrected chi connectivity index (χ4v) is 1.15. The number of aromatic nitrogens is 2. The Morgan fingerprint density at radius 2 is 2.36 bits per heavy atom. The van der Waals surface area contributed by atoms with Crippen LogP contribution in [-0.2, 0) is 11.2 Å². The molecule has 78 valence electrons. The van der Waals surface area contributed by atoms with E-state index in [9.17, 15) is 4.79 Å².